The van der Waals surface area contributed by atoms with Crippen molar-refractivity contribution in [3.8, 4) is 0 Å². The van der Waals surface area contributed by atoms with Crippen LogP contribution in [0.3, 0.4) is 0 Å². The number of pyridine rings is 1. The summed E-state index contributed by atoms with van der Waals surface area (Å²) >= 11 is 6.77. The Morgan fingerprint density at radius 3 is 2.71 bits per heavy atom. The van der Waals surface area contributed by atoms with Crippen LogP contribution in [0.4, 0.5) is 11.5 Å². The number of aromatic carboxylic acids is 1. The first-order valence-corrected chi connectivity index (χ1v) is 13.0. The van der Waals surface area contributed by atoms with E-state index in [9.17, 15) is 18.3 Å². The van der Waals surface area contributed by atoms with E-state index in [1.54, 1.807) is 0 Å². The quantitative estimate of drug-likeness (QED) is 0.618. The Bertz CT molecular complexity index is 1050. The van der Waals surface area contributed by atoms with Crippen LogP contribution in [0.15, 0.2) is 28.6 Å². The summed E-state index contributed by atoms with van der Waals surface area (Å²) < 4.78 is 27.9. The smallest absolute Gasteiger partial charge is 0.339 e. The monoisotopic (exact) mass is 484 g/mol. The minimum Gasteiger partial charge on any atom is -0.478 e. The number of carboxylic acid groups (broad SMARTS) is 1. The highest BCUT2D eigenvalue weighted by Gasteiger charge is 2.27. The standard InChI is InChI=1S/C20H25ClN4O4S2/c21-17-5-6-18(30-17)31(28,29)23-15-10-16(20(26)27)19(22-11-15)25-9-3-4-14(13-25)12-24-7-1-2-8-24/h5-6,10-11,14,23H,1-4,7-9,12-13H2,(H,26,27)/t14-/m0/s1. The van der Waals surface area contributed by atoms with Gasteiger partial charge in [0.1, 0.15) is 15.6 Å². The molecule has 0 aliphatic carbocycles. The van der Waals surface area contributed by atoms with Gasteiger partial charge in [0, 0.05) is 19.6 Å². The number of aromatic nitrogens is 1. The summed E-state index contributed by atoms with van der Waals surface area (Å²) in [6.07, 6.45) is 5.97. The number of thiophene rings is 1. The van der Waals surface area contributed by atoms with Crippen LogP contribution in [0.5, 0.6) is 0 Å². The zero-order valence-corrected chi connectivity index (χ0v) is 19.3. The molecule has 0 saturated carbocycles. The fourth-order valence-electron chi connectivity index (χ4n) is 4.31. The fourth-order valence-corrected chi connectivity index (χ4v) is 6.82. The number of piperidine rings is 1. The number of halogens is 1. The largest absolute Gasteiger partial charge is 0.478 e. The molecular weight excluding hydrogens is 460 g/mol. The molecule has 0 aromatic carbocycles. The van der Waals surface area contributed by atoms with Crippen molar-refractivity contribution in [1.82, 2.24) is 9.88 Å². The number of nitrogens with zero attached hydrogens (tertiary/aromatic N) is 3. The molecular formula is C20H25ClN4O4S2. The number of hydrogen-bond donors (Lipinski definition) is 2. The van der Waals surface area contributed by atoms with Crippen molar-refractivity contribution in [2.24, 2.45) is 5.92 Å². The van der Waals surface area contributed by atoms with E-state index < -0.39 is 16.0 Å². The molecule has 0 radical (unpaired) electrons. The van der Waals surface area contributed by atoms with Crippen LogP contribution in [0.1, 0.15) is 36.0 Å². The lowest BCUT2D eigenvalue weighted by Gasteiger charge is -2.36. The van der Waals surface area contributed by atoms with Gasteiger partial charge in [-0.15, -0.1) is 11.3 Å². The molecule has 4 rings (SSSR count). The van der Waals surface area contributed by atoms with Crippen LogP contribution in [0.2, 0.25) is 4.34 Å². The Kier molecular flexibility index (Phi) is 6.71. The third kappa shape index (κ3) is 5.31. The summed E-state index contributed by atoms with van der Waals surface area (Å²) in [4.78, 5) is 20.8. The first-order chi connectivity index (χ1) is 14.8. The predicted molar refractivity (Wildman–Crippen MR) is 122 cm³/mol. The Morgan fingerprint density at radius 2 is 2.03 bits per heavy atom. The Morgan fingerprint density at radius 1 is 1.26 bits per heavy atom. The maximum atomic E-state index is 12.5. The molecule has 2 fully saturated rings. The molecule has 4 heterocycles. The minimum absolute atomic E-state index is 0.00812. The van der Waals surface area contributed by atoms with Gasteiger partial charge in [-0.25, -0.2) is 18.2 Å². The van der Waals surface area contributed by atoms with Crippen LogP contribution in [0.25, 0.3) is 0 Å². The molecule has 0 spiro atoms. The molecule has 2 saturated heterocycles. The van der Waals surface area contributed by atoms with E-state index in [0.29, 0.717) is 16.1 Å². The van der Waals surface area contributed by atoms with E-state index in [1.165, 1.54) is 37.2 Å². The summed E-state index contributed by atoms with van der Waals surface area (Å²) in [6.45, 7) is 4.80. The van der Waals surface area contributed by atoms with E-state index in [4.69, 9.17) is 11.6 Å². The molecule has 31 heavy (non-hydrogen) atoms. The van der Waals surface area contributed by atoms with Crippen molar-refractivity contribution < 1.29 is 18.3 Å². The van der Waals surface area contributed by atoms with Gasteiger partial charge in [0.15, 0.2) is 0 Å². The van der Waals surface area contributed by atoms with Gasteiger partial charge in [0.25, 0.3) is 10.0 Å². The maximum absolute atomic E-state index is 12.5. The molecule has 11 heteroatoms. The Balaban J connectivity index is 1.52. The topological polar surface area (TPSA) is 103 Å². The number of nitrogens with one attached hydrogen (secondary N) is 1. The molecule has 1 atom stereocenters. The van der Waals surface area contributed by atoms with Gasteiger partial charge in [-0.1, -0.05) is 11.6 Å². The van der Waals surface area contributed by atoms with Crippen molar-refractivity contribution in [3.63, 3.8) is 0 Å². The van der Waals surface area contributed by atoms with Crippen LogP contribution < -0.4 is 9.62 Å². The lowest BCUT2D eigenvalue weighted by molar-refractivity contribution is 0.0697. The molecule has 2 aromatic rings. The maximum Gasteiger partial charge on any atom is 0.339 e. The van der Waals surface area contributed by atoms with E-state index in [1.807, 2.05) is 4.90 Å². The SMILES string of the molecule is O=C(O)c1cc(NS(=O)(=O)c2ccc(Cl)s2)cnc1N1CCC[C@@H](CN2CCCC2)C1. The zero-order chi connectivity index (χ0) is 22.0. The van der Waals surface area contributed by atoms with E-state index in [-0.39, 0.29) is 15.5 Å². The zero-order valence-electron chi connectivity index (χ0n) is 17.0. The number of anilines is 2. The van der Waals surface area contributed by atoms with Crippen LogP contribution in [0, 0.1) is 5.92 Å². The number of sulfonamides is 1. The van der Waals surface area contributed by atoms with Gasteiger partial charge in [0.2, 0.25) is 0 Å². The van der Waals surface area contributed by atoms with Gasteiger partial charge >= 0.3 is 5.97 Å². The van der Waals surface area contributed by atoms with Crippen molar-refractivity contribution in [2.75, 3.05) is 42.3 Å². The highest BCUT2D eigenvalue weighted by atomic mass is 35.5. The second-order valence-electron chi connectivity index (χ2n) is 8.03. The van der Waals surface area contributed by atoms with Gasteiger partial charge in [-0.3, -0.25) is 4.72 Å². The summed E-state index contributed by atoms with van der Waals surface area (Å²) in [5.41, 5.74) is 0.0996. The molecule has 0 unspecified atom stereocenters. The molecule has 2 aliphatic rings. The van der Waals surface area contributed by atoms with Crippen molar-refractivity contribution in [1.29, 1.82) is 0 Å². The van der Waals surface area contributed by atoms with Crippen molar-refractivity contribution in [2.45, 2.75) is 29.9 Å². The fraction of sp³-hybridized carbons (Fsp3) is 0.500. The number of carbonyl (C=O) groups is 1. The van der Waals surface area contributed by atoms with E-state index >= 15 is 0 Å². The predicted octanol–water partition coefficient (Wildman–Crippen LogP) is 3.61. The molecule has 0 amide bonds. The first-order valence-electron chi connectivity index (χ1n) is 10.3. The Labute approximate surface area is 190 Å². The van der Waals surface area contributed by atoms with Crippen molar-refractivity contribution >= 4 is 50.4 Å². The summed E-state index contributed by atoms with van der Waals surface area (Å²) in [6, 6.07) is 4.24. The third-order valence-electron chi connectivity index (χ3n) is 5.70. The lowest BCUT2D eigenvalue weighted by Crippen LogP contribution is -2.41. The van der Waals surface area contributed by atoms with Crippen molar-refractivity contribution in [3.05, 3.63) is 34.3 Å². The number of carboxylic acids is 1. The normalized spacial score (nSPS) is 20.2. The lowest BCUT2D eigenvalue weighted by atomic mass is 9.97. The van der Waals surface area contributed by atoms with Crippen LogP contribution >= 0.6 is 22.9 Å². The summed E-state index contributed by atoms with van der Waals surface area (Å²) in [7, 11) is -3.86. The molecule has 2 aliphatic heterocycles. The third-order valence-corrected chi connectivity index (χ3v) is 8.80. The van der Waals surface area contributed by atoms with Gasteiger partial charge in [0.05, 0.1) is 16.2 Å². The van der Waals surface area contributed by atoms with Gasteiger partial charge < -0.3 is 14.9 Å². The van der Waals surface area contributed by atoms with Crippen LogP contribution in [-0.2, 0) is 10.0 Å². The molecule has 2 aromatic heterocycles. The summed E-state index contributed by atoms with van der Waals surface area (Å²) in [5.74, 6) is -0.276. The molecule has 0 bridgehead atoms. The second-order valence-corrected chi connectivity index (χ2v) is 11.7. The average Bonchev–Trinajstić information content (AvgIpc) is 3.40. The highest BCUT2D eigenvalue weighted by molar-refractivity contribution is 7.94. The Hall–Kier alpha value is -1.88. The van der Waals surface area contributed by atoms with E-state index in [2.05, 4.69) is 14.6 Å². The number of rotatable bonds is 7. The van der Waals surface area contributed by atoms with Gasteiger partial charge in [-0.2, -0.15) is 0 Å². The minimum atomic E-state index is -3.86. The second kappa shape index (κ2) is 9.32. The average molecular weight is 485 g/mol. The number of likely N-dealkylation sites (tertiary alicyclic amines) is 1. The first kappa shape index (κ1) is 22.3. The molecule has 2 N–H and O–H groups in total. The highest BCUT2D eigenvalue weighted by Crippen LogP contribution is 2.30. The number of hydrogen-bond acceptors (Lipinski definition) is 7. The summed E-state index contributed by atoms with van der Waals surface area (Å²) in [5, 5.41) is 9.77. The van der Waals surface area contributed by atoms with Crippen LogP contribution in [-0.4, -0.2) is 62.1 Å². The van der Waals surface area contributed by atoms with Gasteiger partial charge in [-0.05, 0) is 62.9 Å². The molecule has 168 valence electrons. The van der Waals surface area contributed by atoms with E-state index in [0.717, 1.165) is 56.9 Å². The molecule has 8 nitrogen and oxygen atoms in total.